The van der Waals surface area contributed by atoms with Crippen LogP contribution in [0.5, 0.6) is 0 Å². The van der Waals surface area contributed by atoms with Crippen molar-refractivity contribution in [3.63, 3.8) is 0 Å². The predicted molar refractivity (Wildman–Crippen MR) is 342 cm³/mol. The van der Waals surface area contributed by atoms with Crippen molar-refractivity contribution >= 4 is 63.0 Å². The van der Waals surface area contributed by atoms with Crippen LogP contribution >= 0.6 is 22.7 Å². The Morgan fingerprint density at radius 2 is 0.524 bits per heavy atom. The van der Waals surface area contributed by atoms with Crippen LogP contribution in [-0.4, -0.2) is 19.9 Å². The van der Waals surface area contributed by atoms with Crippen molar-refractivity contribution in [2.24, 2.45) is 0 Å². The first-order valence-corrected chi connectivity index (χ1v) is 29.5. The largest absolute Gasteiger partial charge is 0.228 e. The molecule has 0 amide bonds. The number of fused-ring (bicyclic) bond motifs is 6. The average molecular weight is 1080 g/mol. The van der Waals surface area contributed by atoms with Crippen LogP contribution in [0, 0.1) is 0 Å². The topological polar surface area (TPSA) is 51.6 Å². The number of benzene rings is 11. The maximum Gasteiger partial charge on any atom is 0.160 e. The number of rotatable bonds is 8. The van der Waals surface area contributed by atoms with Gasteiger partial charge in [0.1, 0.15) is 0 Å². The van der Waals surface area contributed by atoms with Crippen molar-refractivity contribution in [1.82, 2.24) is 19.9 Å². The zero-order chi connectivity index (χ0) is 53.8. The first-order valence-electron chi connectivity index (χ1n) is 27.9. The normalized spacial score (nSPS) is 14.1. The highest BCUT2D eigenvalue weighted by Gasteiger charge is 2.41. The van der Waals surface area contributed by atoms with Gasteiger partial charge in [-0.1, -0.05) is 218 Å². The van der Waals surface area contributed by atoms with E-state index in [9.17, 15) is 0 Å². The van der Waals surface area contributed by atoms with E-state index in [2.05, 4.69) is 267 Å². The van der Waals surface area contributed by atoms with Crippen LogP contribution in [0.2, 0.25) is 0 Å². The van der Waals surface area contributed by atoms with Crippen LogP contribution in [-0.2, 0) is 0 Å². The van der Waals surface area contributed by atoms with E-state index in [1.807, 2.05) is 22.7 Å². The van der Waals surface area contributed by atoms with Crippen LogP contribution in [0.4, 0.5) is 0 Å². The molecule has 0 saturated heterocycles. The Kier molecular flexibility index (Phi) is 10.8. The number of aromatic nitrogens is 4. The van der Waals surface area contributed by atoms with Gasteiger partial charge in [0, 0.05) is 85.6 Å². The summed E-state index contributed by atoms with van der Waals surface area (Å²) in [6.45, 7) is 0. The Balaban J connectivity index is 0.726. The molecule has 4 nitrogen and oxygen atoms in total. The van der Waals surface area contributed by atoms with Crippen molar-refractivity contribution in [2.45, 2.75) is 11.8 Å². The molecule has 2 unspecified atom stereocenters. The lowest BCUT2D eigenvalue weighted by Crippen LogP contribution is -2.27. The molecule has 11 aromatic carbocycles. The minimum absolute atomic E-state index is 0.0292. The molecular formula is C76H46N4S2. The Morgan fingerprint density at radius 1 is 0.207 bits per heavy atom. The summed E-state index contributed by atoms with van der Waals surface area (Å²) in [6.07, 6.45) is 0. The summed E-state index contributed by atoms with van der Waals surface area (Å²) in [6, 6.07) is 96.8. The third kappa shape index (κ3) is 7.78. The average Bonchev–Trinajstić information content (AvgIpc) is 1.26. The van der Waals surface area contributed by atoms with E-state index in [4.69, 9.17) is 19.9 Å². The second-order valence-electron chi connectivity index (χ2n) is 21.6. The standard InChI is InChI=1S/C76H46N4S2/c1-3-13-47(14-4-1)65-43-67(49-27-23-45(24-28-49)51-31-35-57-55-17-9-11-21-69(55)81-71(57)41-51)79-75(77-65)53-33-37-61-63(39-53)73-59-19-7-8-20-60(59)74(61)64-40-54(34-38-62(64)73)76-78-66(48-15-5-2-6-16-48)44-68(80-76)50-29-25-46(26-30-50)52-32-36-58-56-18-10-12-22-70(56)82-72(58)42-52/h1-44,73-74H. The maximum absolute atomic E-state index is 5.38. The summed E-state index contributed by atoms with van der Waals surface area (Å²) in [5.41, 5.74) is 22.4. The van der Waals surface area contributed by atoms with Crippen molar-refractivity contribution in [2.75, 3.05) is 0 Å². The molecule has 0 fully saturated rings. The molecule has 4 aromatic heterocycles. The fourth-order valence-corrected chi connectivity index (χ4v) is 15.2. The SMILES string of the molecule is c1ccc(-c2cc(-c3ccc(-c4ccc5c(c4)sc4ccccc45)cc3)nc(-c3ccc4c(c3)C3c5ccccc5C4c4cc(-c5nc(-c6ccccc6)cc(-c6ccc(-c7ccc8c(c7)sc7ccccc78)cc6)n5)ccc43)n2)cc1. The van der Waals surface area contributed by atoms with E-state index < -0.39 is 0 Å². The predicted octanol–water partition coefficient (Wildman–Crippen LogP) is 20.3. The van der Waals surface area contributed by atoms with Crippen LogP contribution in [0.3, 0.4) is 0 Å². The first-order chi connectivity index (χ1) is 40.6. The Morgan fingerprint density at radius 3 is 0.951 bits per heavy atom. The molecule has 6 heteroatoms. The highest BCUT2D eigenvalue weighted by atomic mass is 32.1. The summed E-state index contributed by atoms with van der Waals surface area (Å²) < 4.78 is 5.23. The van der Waals surface area contributed by atoms with Crippen molar-refractivity contribution < 1.29 is 0 Å². The van der Waals surface area contributed by atoms with E-state index in [0.29, 0.717) is 11.6 Å². The van der Waals surface area contributed by atoms with E-state index in [1.165, 1.54) is 96.0 Å². The molecular weight excluding hydrogens is 1030 g/mol. The van der Waals surface area contributed by atoms with Gasteiger partial charge in [0.2, 0.25) is 0 Å². The maximum atomic E-state index is 5.38. The van der Waals surface area contributed by atoms with E-state index in [0.717, 1.165) is 56.2 Å². The van der Waals surface area contributed by atoms with Crippen LogP contribution in [0.1, 0.15) is 45.2 Å². The Bertz CT molecular complexity index is 4720. The fraction of sp³-hybridized carbons (Fsp3) is 0.0263. The molecule has 82 heavy (non-hydrogen) atoms. The van der Waals surface area contributed by atoms with E-state index >= 15 is 0 Å². The third-order valence-electron chi connectivity index (χ3n) is 16.9. The zero-order valence-electron chi connectivity index (χ0n) is 44.2. The van der Waals surface area contributed by atoms with Crippen molar-refractivity contribution in [1.29, 1.82) is 0 Å². The minimum atomic E-state index is 0.0292. The van der Waals surface area contributed by atoms with Gasteiger partial charge in [-0.15, -0.1) is 22.7 Å². The minimum Gasteiger partial charge on any atom is -0.228 e. The molecule has 2 atom stereocenters. The number of hydrogen-bond donors (Lipinski definition) is 0. The second kappa shape index (κ2) is 18.8. The molecule has 4 heterocycles. The molecule has 3 aliphatic rings. The highest BCUT2D eigenvalue weighted by molar-refractivity contribution is 7.26. The molecule has 15 aromatic rings. The molecule has 0 saturated carbocycles. The summed E-state index contributed by atoms with van der Waals surface area (Å²) in [4.78, 5) is 21.4. The summed E-state index contributed by atoms with van der Waals surface area (Å²) in [7, 11) is 0. The molecule has 3 aliphatic carbocycles. The second-order valence-corrected chi connectivity index (χ2v) is 23.8. The smallest absolute Gasteiger partial charge is 0.160 e. The zero-order valence-corrected chi connectivity index (χ0v) is 45.8. The van der Waals surface area contributed by atoms with Gasteiger partial charge in [0.25, 0.3) is 0 Å². The van der Waals surface area contributed by atoms with Gasteiger partial charge in [0.05, 0.1) is 22.8 Å². The molecule has 382 valence electrons. The van der Waals surface area contributed by atoms with Gasteiger partial charge in [-0.2, -0.15) is 0 Å². The first kappa shape index (κ1) is 46.9. The number of hydrogen-bond acceptors (Lipinski definition) is 6. The van der Waals surface area contributed by atoms with Gasteiger partial charge in [-0.05, 0) is 104 Å². The fourth-order valence-electron chi connectivity index (χ4n) is 12.9. The summed E-state index contributed by atoms with van der Waals surface area (Å²) in [5.74, 6) is 1.47. The molecule has 0 N–H and O–H groups in total. The van der Waals surface area contributed by atoms with E-state index in [1.54, 1.807) is 0 Å². The number of nitrogens with zero attached hydrogens (tertiary/aromatic N) is 4. The van der Waals surface area contributed by atoms with Gasteiger partial charge in [-0.3, -0.25) is 0 Å². The van der Waals surface area contributed by atoms with Gasteiger partial charge in [-0.25, -0.2) is 19.9 Å². The molecule has 2 bridgehead atoms. The number of thiophene rings is 2. The monoisotopic (exact) mass is 1080 g/mol. The van der Waals surface area contributed by atoms with Crippen molar-refractivity contribution in [3.05, 3.63) is 300 Å². The Labute approximate surface area is 482 Å². The summed E-state index contributed by atoms with van der Waals surface area (Å²) in [5, 5.41) is 5.25. The van der Waals surface area contributed by atoms with Crippen LogP contribution < -0.4 is 0 Å². The molecule has 0 radical (unpaired) electrons. The lowest BCUT2D eigenvalue weighted by molar-refractivity contribution is 0.754. The third-order valence-corrected chi connectivity index (χ3v) is 19.2. The molecule has 0 spiro atoms. The lowest BCUT2D eigenvalue weighted by atomic mass is 9.61. The van der Waals surface area contributed by atoms with Gasteiger partial charge in [0.15, 0.2) is 11.6 Å². The van der Waals surface area contributed by atoms with Gasteiger partial charge >= 0.3 is 0 Å². The van der Waals surface area contributed by atoms with Crippen LogP contribution in [0.15, 0.2) is 267 Å². The van der Waals surface area contributed by atoms with Crippen molar-refractivity contribution in [3.8, 4) is 90.1 Å². The highest BCUT2D eigenvalue weighted by Crippen LogP contribution is 2.57. The molecule has 0 aliphatic heterocycles. The Hall–Kier alpha value is -9.98. The van der Waals surface area contributed by atoms with Crippen LogP contribution in [0.25, 0.3) is 130 Å². The lowest BCUT2D eigenvalue weighted by Gasteiger charge is -2.42. The van der Waals surface area contributed by atoms with E-state index in [-0.39, 0.29) is 11.8 Å². The molecule has 18 rings (SSSR count). The summed E-state index contributed by atoms with van der Waals surface area (Å²) >= 11 is 3.71. The van der Waals surface area contributed by atoms with Gasteiger partial charge < -0.3 is 0 Å². The quantitative estimate of drug-likeness (QED) is 0.152.